The standard InChI is InChI=1S/C28H16Cl4N2O14S4.4Na/c29-23-21(27(35)33-13-1-3-17-11(5-13)7-15(49-48-47-37)9-19(17)51(41,42)43)24(30)26(32)22(25(23)31)28(36)34-14-2-4-18-12(6-14)8-16(50(38,39)40)10-20(18)52(44,45)46;;;;/h1-10,37H,(H,33,35)(H,34,36)(H,38,39,40)(H,41,42,43)(H,44,45,46);;;;/q;4*+1/p-4. The second-order valence-corrected chi connectivity index (χ2v) is 16.6. The summed E-state index contributed by atoms with van der Waals surface area (Å²) in [6.07, 6.45) is 0. The summed E-state index contributed by atoms with van der Waals surface area (Å²) in [5, 5.41) is 15.6. The first-order chi connectivity index (χ1) is 24.1. The van der Waals surface area contributed by atoms with Gasteiger partial charge < -0.3 is 29.5 Å². The Hall–Kier alpha value is 0.680. The molecule has 0 aliphatic rings. The van der Waals surface area contributed by atoms with E-state index in [1.54, 1.807) is 0 Å². The van der Waals surface area contributed by atoms with E-state index in [-0.39, 0.29) is 156 Å². The second kappa shape index (κ2) is 21.7. The van der Waals surface area contributed by atoms with Gasteiger partial charge in [-0.15, -0.1) is 0 Å². The molecule has 2 N–H and O–H groups in total. The SMILES string of the molecule is O=C(Nc1ccc2c(S(=O)(=O)[O-])cc(SOO[O-])cc2c1)c1c(Cl)c(Cl)c(C(=O)Nc2ccc3c(S(=O)(=O)[O-])cc(S(=O)(=O)[O-])cc3c2)c(Cl)c1Cl.[Na+].[Na+].[Na+].[Na+]. The van der Waals surface area contributed by atoms with Crippen molar-refractivity contribution in [3.8, 4) is 0 Å². The minimum atomic E-state index is -5.26. The van der Waals surface area contributed by atoms with E-state index in [9.17, 15) is 53.8 Å². The summed E-state index contributed by atoms with van der Waals surface area (Å²) in [5.74, 6) is -2.09. The number of nitrogens with one attached hydrogen (secondary N) is 2. The van der Waals surface area contributed by atoms with Crippen LogP contribution in [-0.2, 0) is 39.7 Å². The summed E-state index contributed by atoms with van der Waals surface area (Å²) in [5.41, 5.74) is -1.17. The Balaban J connectivity index is 0.00000392. The molecule has 0 unspecified atom stereocenters. The molecule has 0 aromatic heterocycles. The van der Waals surface area contributed by atoms with Crippen molar-refractivity contribution in [2.24, 2.45) is 0 Å². The molecule has 28 heteroatoms. The monoisotopic (exact) mass is 960 g/mol. The summed E-state index contributed by atoms with van der Waals surface area (Å²) in [6, 6.07) is 10.4. The molecular weight excluding hydrogens is 950 g/mol. The Morgan fingerprint density at radius 1 is 0.571 bits per heavy atom. The van der Waals surface area contributed by atoms with E-state index in [4.69, 9.17) is 46.4 Å². The Bertz CT molecular complexity index is 2690. The first kappa shape index (κ1) is 54.7. The van der Waals surface area contributed by atoms with Gasteiger partial charge in [0.05, 0.1) is 57.9 Å². The molecule has 274 valence electrons. The van der Waals surface area contributed by atoms with Gasteiger partial charge in [-0.3, -0.25) is 14.6 Å². The Labute approximate surface area is 430 Å². The largest absolute Gasteiger partial charge is 1.00 e. The van der Waals surface area contributed by atoms with E-state index < -0.39 is 88.1 Å². The van der Waals surface area contributed by atoms with E-state index in [0.717, 1.165) is 30.3 Å². The van der Waals surface area contributed by atoms with Crippen LogP contribution >= 0.6 is 58.4 Å². The number of carbonyl (C=O) groups excluding carboxylic acids is 2. The molecule has 0 aliphatic heterocycles. The van der Waals surface area contributed by atoms with Crippen molar-refractivity contribution in [1.29, 1.82) is 0 Å². The van der Waals surface area contributed by atoms with Gasteiger partial charge in [-0.1, -0.05) is 58.5 Å². The van der Waals surface area contributed by atoms with E-state index in [0.29, 0.717) is 18.1 Å². The van der Waals surface area contributed by atoms with Crippen LogP contribution in [0.3, 0.4) is 0 Å². The molecule has 0 atom stereocenters. The van der Waals surface area contributed by atoms with Gasteiger partial charge in [-0.2, -0.15) is 4.33 Å². The minimum Gasteiger partial charge on any atom is -0.744 e. The molecule has 0 fully saturated rings. The van der Waals surface area contributed by atoms with E-state index >= 15 is 0 Å². The zero-order valence-corrected chi connectivity index (χ0v) is 42.9. The summed E-state index contributed by atoms with van der Waals surface area (Å²) in [7, 11) is -15.5. The third-order valence-corrected chi connectivity index (χ3v) is 11.8. The van der Waals surface area contributed by atoms with Gasteiger partial charge in [0.25, 0.3) is 11.8 Å². The van der Waals surface area contributed by atoms with Crippen LogP contribution in [0.2, 0.25) is 20.1 Å². The number of fused-ring (bicyclic) bond motifs is 2. The van der Waals surface area contributed by atoms with Gasteiger partial charge in [-0.25, -0.2) is 25.3 Å². The summed E-state index contributed by atoms with van der Waals surface area (Å²) in [4.78, 5) is 24.0. The number of hydrogen-bond donors (Lipinski definition) is 2. The van der Waals surface area contributed by atoms with E-state index in [1.807, 2.05) is 0 Å². The fraction of sp³-hybridized carbons (Fsp3) is 0. The van der Waals surface area contributed by atoms with Crippen molar-refractivity contribution in [3.05, 3.63) is 91.9 Å². The number of benzene rings is 5. The maximum absolute atomic E-state index is 13.4. The van der Waals surface area contributed by atoms with Gasteiger partial charge in [0, 0.05) is 16.3 Å². The maximum atomic E-state index is 13.4. The quantitative estimate of drug-likeness (QED) is 0.0329. The molecule has 5 aromatic rings. The van der Waals surface area contributed by atoms with E-state index in [2.05, 4.69) is 20.0 Å². The normalized spacial score (nSPS) is 11.4. The summed E-state index contributed by atoms with van der Waals surface area (Å²) in [6.45, 7) is 0. The Kier molecular flexibility index (Phi) is 21.2. The number of amides is 2. The smallest absolute Gasteiger partial charge is 0.744 e. The average Bonchev–Trinajstić information content (AvgIpc) is 3.04. The third kappa shape index (κ3) is 12.4. The fourth-order valence-electron chi connectivity index (χ4n) is 4.85. The number of halogens is 4. The van der Waals surface area contributed by atoms with Crippen molar-refractivity contribution in [3.63, 3.8) is 0 Å². The minimum absolute atomic E-state index is 0. The van der Waals surface area contributed by atoms with E-state index in [1.165, 1.54) is 24.3 Å². The molecule has 5 aromatic carbocycles. The second-order valence-electron chi connectivity index (χ2n) is 10.2. The summed E-state index contributed by atoms with van der Waals surface area (Å²) < 4.78 is 110. The molecule has 0 saturated carbocycles. The number of rotatable bonds is 10. The van der Waals surface area contributed by atoms with Crippen LogP contribution in [0.4, 0.5) is 11.4 Å². The maximum Gasteiger partial charge on any atom is 1.00 e. The van der Waals surface area contributed by atoms with Gasteiger partial charge in [0.15, 0.2) is 0 Å². The predicted molar refractivity (Wildman–Crippen MR) is 182 cm³/mol. The van der Waals surface area contributed by atoms with Crippen molar-refractivity contribution in [2.75, 3.05) is 10.6 Å². The van der Waals surface area contributed by atoms with Crippen LogP contribution in [0, 0.1) is 0 Å². The first-order valence-corrected chi connectivity index (χ1v) is 19.7. The molecule has 16 nitrogen and oxygen atoms in total. The molecule has 56 heavy (non-hydrogen) atoms. The number of anilines is 2. The molecule has 0 bridgehead atoms. The predicted octanol–water partition coefficient (Wildman–Crippen LogP) is -6.93. The van der Waals surface area contributed by atoms with Crippen molar-refractivity contribution < 1.29 is 181 Å². The van der Waals surface area contributed by atoms with Crippen molar-refractivity contribution in [1.82, 2.24) is 0 Å². The van der Waals surface area contributed by atoms with Gasteiger partial charge in [0.1, 0.15) is 30.4 Å². The molecule has 0 heterocycles. The topological polar surface area (TPSA) is 271 Å². The molecule has 2 amide bonds. The fourth-order valence-corrected chi connectivity index (χ4v) is 8.63. The van der Waals surface area contributed by atoms with Crippen LogP contribution in [0.5, 0.6) is 0 Å². The molecule has 0 spiro atoms. The molecular formula is C28H12Cl4N2Na4O14S4. The molecule has 0 saturated heterocycles. The first-order valence-electron chi connectivity index (χ1n) is 13.3. The van der Waals surface area contributed by atoms with Crippen LogP contribution in [0.1, 0.15) is 20.7 Å². The van der Waals surface area contributed by atoms with Crippen LogP contribution in [-0.4, -0.2) is 50.7 Å². The molecule has 0 radical (unpaired) electrons. The Morgan fingerprint density at radius 2 is 0.964 bits per heavy atom. The third-order valence-electron chi connectivity index (χ3n) is 6.99. The van der Waals surface area contributed by atoms with Crippen LogP contribution in [0.15, 0.2) is 80.2 Å². The summed E-state index contributed by atoms with van der Waals surface area (Å²) >= 11 is 25.8. The average molecular weight is 962 g/mol. The van der Waals surface area contributed by atoms with Crippen LogP contribution < -0.4 is 134 Å². The molecule has 5 rings (SSSR count). The van der Waals surface area contributed by atoms with Gasteiger partial charge >= 0.3 is 118 Å². The number of hydrogen-bond acceptors (Lipinski definition) is 15. The van der Waals surface area contributed by atoms with Crippen LogP contribution in [0.25, 0.3) is 21.5 Å². The number of carbonyl (C=O) groups is 2. The Morgan fingerprint density at radius 3 is 1.34 bits per heavy atom. The van der Waals surface area contributed by atoms with Crippen molar-refractivity contribution >= 4 is 134 Å². The molecule has 0 aliphatic carbocycles. The van der Waals surface area contributed by atoms with Crippen molar-refractivity contribution in [2.45, 2.75) is 19.6 Å². The zero-order chi connectivity index (χ0) is 38.5. The van der Waals surface area contributed by atoms with Gasteiger partial charge in [0.2, 0.25) is 0 Å². The van der Waals surface area contributed by atoms with Gasteiger partial charge in [-0.05, 0) is 70.1 Å². The zero-order valence-electron chi connectivity index (χ0n) is 28.6.